The Morgan fingerprint density at radius 1 is 1.27 bits per heavy atom. The molecule has 2 heterocycles. The first-order chi connectivity index (χ1) is 14.1. The highest BCUT2D eigenvalue weighted by Gasteiger charge is 2.51. The summed E-state index contributed by atoms with van der Waals surface area (Å²) in [7, 11) is 1.24. The number of pyridine rings is 1. The van der Waals surface area contributed by atoms with Gasteiger partial charge in [-0.25, -0.2) is 4.39 Å². The molecule has 3 atom stereocenters. The second-order valence-electron chi connectivity index (χ2n) is 7.72. The number of benzene rings is 1. The Kier molecular flexibility index (Phi) is 5.76. The van der Waals surface area contributed by atoms with Crippen molar-refractivity contribution in [1.82, 2.24) is 4.98 Å². The number of carbonyl (C=O) groups excluding carboxylic acids is 2. The van der Waals surface area contributed by atoms with Gasteiger partial charge < -0.3 is 20.5 Å². The number of nitrogens with two attached hydrogens (primary N) is 1. The quantitative estimate of drug-likeness (QED) is 0.776. The zero-order chi connectivity index (χ0) is 22.2. The molecular weight excluding hydrogens is 396 g/mol. The molecule has 7 nitrogen and oxygen atoms in total. The highest BCUT2D eigenvalue weighted by atomic mass is 19.2. The minimum Gasteiger partial charge on any atom is -0.493 e. The van der Waals surface area contributed by atoms with Crippen molar-refractivity contribution < 1.29 is 27.8 Å². The fourth-order valence-corrected chi connectivity index (χ4v) is 3.72. The molecule has 1 fully saturated rings. The first-order valence-electron chi connectivity index (χ1n) is 9.33. The van der Waals surface area contributed by atoms with Crippen molar-refractivity contribution in [3.8, 4) is 5.75 Å². The molecular formula is C21H23F2N3O4. The van der Waals surface area contributed by atoms with Crippen molar-refractivity contribution in [3.63, 3.8) is 0 Å². The van der Waals surface area contributed by atoms with E-state index in [1.807, 2.05) is 20.8 Å². The van der Waals surface area contributed by atoms with E-state index in [0.29, 0.717) is 11.3 Å². The molecule has 9 heteroatoms. The molecule has 30 heavy (non-hydrogen) atoms. The maximum Gasteiger partial charge on any atom is 0.267 e. The minimum absolute atomic E-state index is 0.00679. The van der Waals surface area contributed by atoms with E-state index in [9.17, 15) is 18.4 Å². The molecule has 0 unspecified atom stereocenters. The number of carbonyl (C=O) groups is 2. The van der Waals surface area contributed by atoms with E-state index >= 15 is 0 Å². The highest BCUT2D eigenvalue weighted by Crippen LogP contribution is 2.49. The number of halogens is 2. The molecule has 2 amide bonds. The maximum atomic E-state index is 14.3. The Bertz CT molecular complexity index is 996. The zero-order valence-electron chi connectivity index (χ0n) is 17.0. The summed E-state index contributed by atoms with van der Waals surface area (Å²) in [6.45, 7) is 5.51. The molecule has 0 radical (unpaired) electrons. The monoisotopic (exact) mass is 419 g/mol. The van der Waals surface area contributed by atoms with Gasteiger partial charge in [0.1, 0.15) is 11.8 Å². The first kappa shape index (κ1) is 21.6. The maximum absolute atomic E-state index is 14.3. The Morgan fingerprint density at radius 2 is 1.97 bits per heavy atom. The summed E-state index contributed by atoms with van der Waals surface area (Å²) in [5.41, 5.74) is 5.14. The van der Waals surface area contributed by atoms with Gasteiger partial charge in [-0.05, 0) is 38.0 Å². The second-order valence-corrected chi connectivity index (χ2v) is 7.72. The van der Waals surface area contributed by atoms with Crippen LogP contribution in [0.4, 0.5) is 14.5 Å². The smallest absolute Gasteiger partial charge is 0.267 e. The topological polar surface area (TPSA) is 104 Å². The molecule has 3 N–H and O–H groups in total. The fourth-order valence-electron chi connectivity index (χ4n) is 3.72. The third-order valence-corrected chi connectivity index (χ3v) is 5.57. The van der Waals surface area contributed by atoms with Crippen LogP contribution < -0.4 is 15.8 Å². The normalized spacial score (nSPS) is 22.5. The molecule has 0 bridgehead atoms. The van der Waals surface area contributed by atoms with E-state index in [2.05, 4.69) is 10.3 Å². The number of aromatic nitrogens is 1. The Morgan fingerprint density at radius 3 is 2.60 bits per heavy atom. The van der Waals surface area contributed by atoms with Crippen molar-refractivity contribution >= 4 is 17.5 Å². The van der Waals surface area contributed by atoms with Crippen LogP contribution in [0.1, 0.15) is 42.7 Å². The second kappa shape index (κ2) is 7.98. The number of nitrogens with zero attached hydrogens (tertiary/aromatic N) is 1. The van der Waals surface area contributed by atoms with Crippen LogP contribution in [0.2, 0.25) is 0 Å². The van der Waals surface area contributed by atoms with E-state index < -0.39 is 41.1 Å². The average Bonchev–Trinajstić information content (AvgIpc) is 2.93. The molecule has 0 spiro atoms. The van der Waals surface area contributed by atoms with Crippen LogP contribution in [0.15, 0.2) is 30.5 Å². The summed E-state index contributed by atoms with van der Waals surface area (Å²) in [4.78, 5) is 28.2. The third kappa shape index (κ3) is 3.85. The summed E-state index contributed by atoms with van der Waals surface area (Å²) < 4.78 is 39.2. The molecule has 0 aliphatic carbocycles. The van der Waals surface area contributed by atoms with Crippen LogP contribution >= 0.6 is 0 Å². The van der Waals surface area contributed by atoms with Crippen LogP contribution in [-0.4, -0.2) is 35.6 Å². The summed E-state index contributed by atoms with van der Waals surface area (Å²) in [5, 5.41) is 2.68. The SMILES string of the molecule is COc1c([C@H]2[C@@H](C(=O)Nc3ccnc(C(N)=O)c3)OC(C)(C)[C@@H]2C)ccc(F)c1F. The zero-order valence-corrected chi connectivity index (χ0v) is 17.0. The van der Waals surface area contributed by atoms with Gasteiger partial charge in [0, 0.05) is 23.4 Å². The van der Waals surface area contributed by atoms with Crippen molar-refractivity contribution in [2.45, 2.75) is 38.4 Å². The molecule has 2 aromatic rings. The molecule has 1 aromatic heterocycles. The van der Waals surface area contributed by atoms with Crippen LogP contribution in [0.25, 0.3) is 0 Å². The molecule has 0 saturated carbocycles. The van der Waals surface area contributed by atoms with E-state index in [1.165, 1.54) is 31.5 Å². The van der Waals surface area contributed by atoms with Gasteiger partial charge in [-0.3, -0.25) is 14.6 Å². The van der Waals surface area contributed by atoms with Crippen molar-refractivity contribution in [1.29, 1.82) is 0 Å². The van der Waals surface area contributed by atoms with Gasteiger partial charge in [0.05, 0.1) is 12.7 Å². The molecule has 3 rings (SSSR count). The van der Waals surface area contributed by atoms with E-state index in [0.717, 1.165) is 6.07 Å². The predicted octanol–water partition coefficient (Wildman–Crippen LogP) is 3.00. The minimum atomic E-state index is -1.12. The van der Waals surface area contributed by atoms with Crippen LogP contribution in [-0.2, 0) is 9.53 Å². The largest absolute Gasteiger partial charge is 0.493 e. The summed E-state index contributed by atoms with van der Waals surface area (Å²) in [6, 6.07) is 5.25. The number of primary amides is 1. The van der Waals surface area contributed by atoms with Crippen molar-refractivity contribution in [2.24, 2.45) is 11.7 Å². The lowest BCUT2D eigenvalue weighted by Gasteiger charge is -2.25. The number of hydrogen-bond donors (Lipinski definition) is 2. The van der Waals surface area contributed by atoms with Gasteiger partial charge >= 0.3 is 0 Å². The van der Waals surface area contributed by atoms with Gasteiger partial charge in [0.25, 0.3) is 11.8 Å². The molecule has 1 aromatic carbocycles. The standard InChI is InChI=1S/C21H23F2N3O4/c1-10-15(12-5-6-13(22)16(23)17(12)29-4)18(30-21(10,2)3)20(28)26-11-7-8-25-14(9-11)19(24)27/h5-10,15,18H,1-4H3,(H2,24,27)(H,25,26,28)/t10-,15+,18+/m1/s1. The van der Waals surface area contributed by atoms with E-state index in [-0.39, 0.29) is 17.4 Å². The van der Waals surface area contributed by atoms with E-state index in [1.54, 1.807) is 0 Å². The Hall–Kier alpha value is -3.07. The van der Waals surface area contributed by atoms with Crippen LogP contribution in [0.5, 0.6) is 5.75 Å². The molecule has 1 aliphatic heterocycles. The van der Waals surface area contributed by atoms with Crippen LogP contribution in [0, 0.1) is 17.6 Å². The number of hydrogen-bond acceptors (Lipinski definition) is 5. The summed E-state index contributed by atoms with van der Waals surface area (Å²) in [6.07, 6.45) is 0.326. The molecule has 1 saturated heterocycles. The van der Waals surface area contributed by atoms with Gasteiger partial charge in [-0.1, -0.05) is 13.0 Å². The number of anilines is 1. The number of ether oxygens (including phenoxy) is 2. The van der Waals surface area contributed by atoms with Crippen LogP contribution in [0.3, 0.4) is 0 Å². The predicted molar refractivity (Wildman–Crippen MR) is 105 cm³/mol. The van der Waals surface area contributed by atoms with Crippen molar-refractivity contribution in [3.05, 3.63) is 53.4 Å². The first-order valence-corrected chi connectivity index (χ1v) is 9.33. The van der Waals surface area contributed by atoms with Crippen molar-refractivity contribution in [2.75, 3.05) is 12.4 Å². The summed E-state index contributed by atoms with van der Waals surface area (Å²) in [5.74, 6) is -4.50. The van der Waals surface area contributed by atoms with Gasteiger partial charge in [-0.2, -0.15) is 4.39 Å². The van der Waals surface area contributed by atoms with Gasteiger partial charge in [0.15, 0.2) is 11.6 Å². The third-order valence-electron chi connectivity index (χ3n) is 5.57. The average molecular weight is 419 g/mol. The Balaban J connectivity index is 1.98. The molecule has 1 aliphatic rings. The number of methoxy groups -OCH3 is 1. The summed E-state index contributed by atoms with van der Waals surface area (Å²) >= 11 is 0. The lowest BCUT2D eigenvalue weighted by Crippen LogP contribution is -2.33. The fraction of sp³-hybridized carbons (Fsp3) is 0.381. The molecule has 160 valence electrons. The van der Waals surface area contributed by atoms with Gasteiger partial charge in [0.2, 0.25) is 5.82 Å². The number of nitrogens with one attached hydrogen (secondary N) is 1. The number of amides is 2. The lowest BCUT2D eigenvalue weighted by atomic mass is 9.78. The lowest BCUT2D eigenvalue weighted by molar-refractivity contribution is -0.131. The van der Waals surface area contributed by atoms with E-state index in [4.69, 9.17) is 15.2 Å². The van der Waals surface area contributed by atoms with Gasteiger partial charge in [-0.15, -0.1) is 0 Å². The Labute approximate surface area is 172 Å². The highest BCUT2D eigenvalue weighted by molar-refractivity contribution is 5.97. The number of rotatable bonds is 5.